The minimum absolute atomic E-state index is 0.917. The summed E-state index contributed by atoms with van der Waals surface area (Å²) in [4.78, 5) is 0. The summed E-state index contributed by atoms with van der Waals surface area (Å²) in [6.07, 6.45) is 9.04. The first kappa shape index (κ1) is 13.2. The number of allylic oxidation sites excluding steroid dienone is 6. The van der Waals surface area contributed by atoms with Gasteiger partial charge in [0.15, 0.2) is 0 Å². The van der Waals surface area contributed by atoms with Gasteiger partial charge in [0.05, 0.1) is 0 Å². The smallest absolute Gasteiger partial charge is 0.0141 e. The Bertz CT molecular complexity index is 459. The Balaban J connectivity index is 2.94. The molecule has 1 rings (SSSR count). The molecule has 0 saturated carbocycles. The molecule has 0 radical (unpaired) electrons. The Morgan fingerprint density at radius 3 is 2.71 bits per heavy atom. The van der Waals surface area contributed by atoms with E-state index >= 15 is 0 Å². The highest BCUT2D eigenvalue weighted by Gasteiger charge is 1.96. The van der Waals surface area contributed by atoms with E-state index in [1.165, 1.54) is 22.3 Å². The van der Waals surface area contributed by atoms with Gasteiger partial charge in [-0.15, -0.1) is 0 Å². The number of aryl methyl sites for hydroxylation is 1. The van der Waals surface area contributed by atoms with Crippen molar-refractivity contribution in [2.45, 2.75) is 20.3 Å². The van der Waals surface area contributed by atoms with Crippen LogP contribution in [0.1, 0.15) is 24.5 Å². The quantitative estimate of drug-likeness (QED) is 0.483. The molecule has 0 saturated heterocycles. The SMILES string of the molecule is C=C/C=C(\C=C/CC(=C)C)c1cccc(C)c1. The fourth-order valence-corrected chi connectivity index (χ4v) is 1.59. The van der Waals surface area contributed by atoms with E-state index in [1.807, 2.05) is 19.1 Å². The van der Waals surface area contributed by atoms with Gasteiger partial charge in [-0.1, -0.05) is 72.9 Å². The van der Waals surface area contributed by atoms with Crippen LogP contribution in [0.5, 0.6) is 0 Å². The number of benzene rings is 1. The number of hydrogen-bond donors (Lipinski definition) is 0. The predicted octanol–water partition coefficient (Wildman–Crippen LogP) is 5.09. The molecule has 1 aromatic carbocycles. The van der Waals surface area contributed by atoms with Gasteiger partial charge in [-0.25, -0.2) is 0 Å². The zero-order valence-corrected chi connectivity index (χ0v) is 10.7. The minimum atomic E-state index is 0.917. The molecule has 0 nitrogen and oxygen atoms in total. The van der Waals surface area contributed by atoms with Crippen molar-refractivity contribution in [3.8, 4) is 0 Å². The van der Waals surface area contributed by atoms with Gasteiger partial charge in [-0.05, 0) is 31.4 Å². The molecule has 0 amide bonds. The van der Waals surface area contributed by atoms with E-state index in [1.54, 1.807) is 0 Å². The molecule has 88 valence electrons. The van der Waals surface area contributed by atoms with Gasteiger partial charge in [0.2, 0.25) is 0 Å². The van der Waals surface area contributed by atoms with Crippen molar-refractivity contribution in [1.82, 2.24) is 0 Å². The van der Waals surface area contributed by atoms with E-state index < -0.39 is 0 Å². The lowest BCUT2D eigenvalue weighted by Crippen LogP contribution is -1.82. The molecule has 0 heteroatoms. The molecule has 0 fully saturated rings. The molecule has 0 heterocycles. The molecule has 0 N–H and O–H groups in total. The van der Waals surface area contributed by atoms with Crippen molar-refractivity contribution in [2.24, 2.45) is 0 Å². The average molecular weight is 224 g/mol. The first-order valence-electron chi connectivity index (χ1n) is 5.84. The highest BCUT2D eigenvalue weighted by molar-refractivity contribution is 5.75. The largest absolute Gasteiger partial charge is 0.0998 e. The summed E-state index contributed by atoms with van der Waals surface area (Å²) in [5.41, 5.74) is 4.85. The van der Waals surface area contributed by atoms with Crippen LogP contribution < -0.4 is 0 Å². The molecule has 0 unspecified atom stereocenters. The van der Waals surface area contributed by atoms with Crippen LogP contribution >= 0.6 is 0 Å². The zero-order chi connectivity index (χ0) is 12.7. The summed E-state index contributed by atoms with van der Waals surface area (Å²) in [6, 6.07) is 8.48. The van der Waals surface area contributed by atoms with Gasteiger partial charge >= 0.3 is 0 Å². The highest BCUT2D eigenvalue weighted by atomic mass is 14.0. The second kappa shape index (κ2) is 6.70. The van der Waals surface area contributed by atoms with Crippen LogP contribution in [0.3, 0.4) is 0 Å². The lowest BCUT2D eigenvalue weighted by Gasteiger charge is -2.03. The van der Waals surface area contributed by atoms with E-state index in [9.17, 15) is 0 Å². The third-order valence-electron chi connectivity index (χ3n) is 2.41. The van der Waals surface area contributed by atoms with Crippen molar-refractivity contribution in [3.63, 3.8) is 0 Å². The molecular weight excluding hydrogens is 204 g/mol. The van der Waals surface area contributed by atoms with Crippen LogP contribution in [-0.4, -0.2) is 0 Å². The van der Waals surface area contributed by atoms with Crippen LogP contribution in [0.4, 0.5) is 0 Å². The molecule has 0 aliphatic carbocycles. The normalized spacial score (nSPS) is 11.8. The number of rotatable bonds is 5. The molecule has 0 aliphatic rings. The van der Waals surface area contributed by atoms with Crippen LogP contribution in [0, 0.1) is 6.92 Å². The van der Waals surface area contributed by atoms with E-state index in [0.717, 1.165) is 6.42 Å². The fraction of sp³-hybridized carbons (Fsp3) is 0.176. The van der Waals surface area contributed by atoms with Crippen LogP contribution in [0.2, 0.25) is 0 Å². The van der Waals surface area contributed by atoms with E-state index in [0.29, 0.717) is 0 Å². The Labute approximate surface area is 105 Å². The Morgan fingerprint density at radius 1 is 1.35 bits per heavy atom. The number of hydrogen-bond acceptors (Lipinski definition) is 0. The molecule has 1 aromatic rings. The van der Waals surface area contributed by atoms with Gasteiger partial charge < -0.3 is 0 Å². The topological polar surface area (TPSA) is 0 Å². The molecular formula is C17H20. The van der Waals surface area contributed by atoms with Crippen molar-refractivity contribution in [2.75, 3.05) is 0 Å². The predicted molar refractivity (Wildman–Crippen MR) is 77.9 cm³/mol. The highest BCUT2D eigenvalue weighted by Crippen LogP contribution is 2.18. The summed E-state index contributed by atoms with van der Waals surface area (Å²) in [5, 5.41) is 0. The van der Waals surface area contributed by atoms with Gasteiger partial charge in [0, 0.05) is 0 Å². The van der Waals surface area contributed by atoms with Crippen molar-refractivity contribution in [1.29, 1.82) is 0 Å². The maximum absolute atomic E-state index is 3.89. The lowest BCUT2D eigenvalue weighted by atomic mass is 10.0. The molecule has 0 atom stereocenters. The van der Waals surface area contributed by atoms with Crippen LogP contribution in [0.25, 0.3) is 5.57 Å². The summed E-state index contributed by atoms with van der Waals surface area (Å²) < 4.78 is 0. The van der Waals surface area contributed by atoms with Gasteiger partial charge in [0.1, 0.15) is 0 Å². The second-order valence-corrected chi connectivity index (χ2v) is 4.29. The Hall–Kier alpha value is -1.82. The summed E-state index contributed by atoms with van der Waals surface area (Å²) in [7, 11) is 0. The van der Waals surface area contributed by atoms with E-state index in [-0.39, 0.29) is 0 Å². The first-order valence-corrected chi connectivity index (χ1v) is 5.84. The minimum Gasteiger partial charge on any atom is -0.0998 e. The second-order valence-electron chi connectivity index (χ2n) is 4.29. The maximum Gasteiger partial charge on any atom is -0.0141 e. The summed E-state index contributed by atoms with van der Waals surface area (Å²) in [5.74, 6) is 0. The van der Waals surface area contributed by atoms with Crippen molar-refractivity contribution in [3.05, 3.63) is 78.4 Å². The van der Waals surface area contributed by atoms with Gasteiger partial charge in [0.25, 0.3) is 0 Å². The molecule has 0 bridgehead atoms. The zero-order valence-electron chi connectivity index (χ0n) is 10.7. The maximum atomic E-state index is 3.89. The van der Waals surface area contributed by atoms with E-state index in [2.05, 4.69) is 56.5 Å². The monoisotopic (exact) mass is 224 g/mol. The summed E-state index contributed by atoms with van der Waals surface area (Å²) in [6.45, 7) is 11.8. The van der Waals surface area contributed by atoms with Gasteiger partial charge in [-0.3, -0.25) is 0 Å². The fourth-order valence-electron chi connectivity index (χ4n) is 1.59. The molecule has 0 aromatic heterocycles. The van der Waals surface area contributed by atoms with Crippen molar-refractivity contribution < 1.29 is 0 Å². The van der Waals surface area contributed by atoms with Crippen LogP contribution in [0.15, 0.2) is 67.3 Å². The lowest BCUT2D eigenvalue weighted by molar-refractivity contribution is 1.23. The summed E-state index contributed by atoms with van der Waals surface area (Å²) >= 11 is 0. The molecule has 0 aliphatic heterocycles. The Morgan fingerprint density at radius 2 is 2.12 bits per heavy atom. The standard InChI is InChI=1S/C17H20/c1-5-8-16(11-6-9-14(2)3)17-12-7-10-15(4)13-17/h5-8,10-13H,1-2,9H2,3-4H3/b11-6-,16-8+. The average Bonchev–Trinajstić information content (AvgIpc) is 2.27. The van der Waals surface area contributed by atoms with Crippen molar-refractivity contribution >= 4 is 5.57 Å². The third-order valence-corrected chi connectivity index (χ3v) is 2.41. The first-order chi connectivity index (χ1) is 8.13. The van der Waals surface area contributed by atoms with Gasteiger partial charge in [-0.2, -0.15) is 0 Å². The van der Waals surface area contributed by atoms with E-state index in [4.69, 9.17) is 0 Å². The third kappa shape index (κ3) is 4.69. The molecule has 0 spiro atoms. The van der Waals surface area contributed by atoms with Crippen LogP contribution in [-0.2, 0) is 0 Å². The Kier molecular flexibility index (Phi) is 5.22. The molecule has 17 heavy (non-hydrogen) atoms.